The fourth-order valence-electron chi connectivity index (χ4n) is 1.47. The number of hydrogen-bond acceptors (Lipinski definition) is 3. The average molecular weight is 320 g/mol. The number of hydrogen-bond donors (Lipinski definition) is 0. The third-order valence-electron chi connectivity index (χ3n) is 1.93. The first-order valence-corrected chi connectivity index (χ1v) is 14.5. The first-order chi connectivity index (χ1) is 8.41. The van der Waals surface area contributed by atoms with Gasteiger partial charge in [-0.3, -0.25) is 4.57 Å². The van der Waals surface area contributed by atoms with Crippen molar-refractivity contribution in [2.24, 2.45) is 0 Å². The zero-order valence-corrected chi connectivity index (χ0v) is 15.3. The van der Waals surface area contributed by atoms with Gasteiger partial charge in [-0.25, -0.2) is 4.39 Å². The lowest BCUT2D eigenvalue weighted by molar-refractivity contribution is 0.396. The van der Waals surface area contributed by atoms with Gasteiger partial charge in [0.15, 0.2) is 16.6 Å². The lowest BCUT2D eigenvalue weighted by Crippen LogP contribution is -2.33. The molecule has 0 saturated heterocycles. The summed E-state index contributed by atoms with van der Waals surface area (Å²) in [5.74, 6) is -0.365. The predicted octanol–water partition coefficient (Wildman–Crippen LogP) is 4.35. The van der Waals surface area contributed by atoms with E-state index in [-0.39, 0.29) is 5.82 Å². The monoisotopic (exact) mass is 320 g/mol. The molecule has 7 heteroatoms. The quantitative estimate of drug-likeness (QED) is 0.598. The molecule has 0 heterocycles. The van der Waals surface area contributed by atoms with Crippen molar-refractivity contribution in [1.82, 2.24) is 0 Å². The first-order valence-electron chi connectivity index (χ1n) is 6.19. The van der Waals surface area contributed by atoms with Gasteiger partial charge < -0.3 is 8.43 Å². The third-order valence-corrected chi connectivity index (χ3v) is 9.17. The van der Waals surface area contributed by atoms with Gasteiger partial charge in [0.05, 0.1) is 5.30 Å². The van der Waals surface area contributed by atoms with Crippen molar-refractivity contribution in [3.05, 3.63) is 30.1 Å². The summed E-state index contributed by atoms with van der Waals surface area (Å²) >= 11 is 0. The van der Waals surface area contributed by atoms with E-state index in [4.69, 9.17) is 8.43 Å². The highest BCUT2D eigenvalue weighted by Gasteiger charge is 2.38. The van der Waals surface area contributed by atoms with Crippen molar-refractivity contribution >= 4 is 29.5 Å². The van der Waals surface area contributed by atoms with Gasteiger partial charge >= 0.3 is 7.60 Å². The summed E-state index contributed by atoms with van der Waals surface area (Å²) in [5.41, 5.74) is 0. The zero-order valence-electron chi connectivity index (χ0n) is 12.4. The molecule has 1 aromatic rings. The maximum atomic E-state index is 13.1. The minimum absolute atomic E-state index is 0.365. The van der Waals surface area contributed by atoms with Crippen molar-refractivity contribution < 1.29 is 17.4 Å². The van der Waals surface area contributed by atoms with E-state index in [1.165, 1.54) is 24.3 Å². The van der Waals surface area contributed by atoms with Gasteiger partial charge in [-0.15, -0.1) is 0 Å². The molecule has 0 radical (unpaired) electrons. The summed E-state index contributed by atoms with van der Waals surface area (Å²) in [6, 6.07) is 5.53. The van der Waals surface area contributed by atoms with Crippen LogP contribution in [0.4, 0.5) is 4.39 Å². The molecule has 0 atom stereocenters. The number of rotatable bonds is 5. The van der Waals surface area contributed by atoms with E-state index in [1.54, 1.807) is 0 Å². The maximum Gasteiger partial charge on any atom is 0.342 e. The van der Waals surface area contributed by atoms with E-state index >= 15 is 0 Å². The molecule has 0 aliphatic rings. The molecular formula is C12H22FO3PSi2. The Morgan fingerprint density at radius 2 is 1.26 bits per heavy atom. The van der Waals surface area contributed by atoms with Crippen molar-refractivity contribution in [2.45, 2.75) is 39.3 Å². The minimum atomic E-state index is -3.38. The lowest BCUT2D eigenvalue weighted by Gasteiger charge is -2.31. The molecule has 0 fully saturated rings. The number of halogens is 1. The van der Waals surface area contributed by atoms with Crippen LogP contribution >= 0.6 is 7.60 Å². The van der Waals surface area contributed by atoms with Crippen molar-refractivity contribution in [2.75, 3.05) is 0 Å². The number of benzene rings is 1. The Morgan fingerprint density at radius 1 is 0.895 bits per heavy atom. The Kier molecular flexibility index (Phi) is 4.96. The van der Waals surface area contributed by atoms with Crippen LogP contribution in [0.3, 0.4) is 0 Å². The molecule has 108 valence electrons. The molecular weight excluding hydrogens is 298 g/mol. The fourth-order valence-corrected chi connectivity index (χ4v) is 9.08. The van der Waals surface area contributed by atoms with Gasteiger partial charge in [-0.1, -0.05) is 0 Å². The molecule has 3 nitrogen and oxygen atoms in total. The van der Waals surface area contributed by atoms with Gasteiger partial charge in [0.1, 0.15) is 5.82 Å². The Morgan fingerprint density at radius 3 is 1.58 bits per heavy atom. The van der Waals surface area contributed by atoms with Crippen LogP contribution in [0.15, 0.2) is 24.3 Å². The van der Waals surface area contributed by atoms with Gasteiger partial charge in [0, 0.05) is 0 Å². The zero-order chi connectivity index (χ0) is 14.9. The smallest absolute Gasteiger partial charge is 0.342 e. The summed E-state index contributed by atoms with van der Waals surface area (Å²) in [6.45, 7) is 11.7. The highest BCUT2D eigenvalue weighted by molar-refractivity contribution is 7.65. The average Bonchev–Trinajstić information content (AvgIpc) is 2.11. The lowest BCUT2D eigenvalue weighted by atomic mass is 10.4. The summed E-state index contributed by atoms with van der Waals surface area (Å²) in [7, 11) is -7.47. The molecule has 0 spiro atoms. The van der Waals surface area contributed by atoms with Crippen molar-refractivity contribution in [3.63, 3.8) is 0 Å². The highest BCUT2D eigenvalue weighted by Crippen LogP contribution is 2.51. The molecule has 0 bridgehead atoms. The van der Waals surface area contributed by atoms with Crippen LogP contribution in [-0.2, 0) is 13.0 Å². The molecule has 0 amide bonds. The molecule has 0 N–H and O–H groups in total. The molecule has 19 heavy (non-hydrogen) atoms. The van der Waals surface area contributed by atoms with Gasteiger partial charge in [0.2, 0.25) is 0 Å². The van der Waals surface area contributed by atoms with E-state index < -0.39 is 24.2 Å². The molecule has 0 unspecified atom stereocenters. The largest absolute Gasteiger partial charge is 0.348 e. The molecule has 0 aliphatic heterocycles. The Bertz CT molecular complexity index is 457. The summed E-state index contributed by atoms with van der Waals surface area (Å²) < 4.78 is 37.7. The molecule has 0 aromatic heterocycles. The van der Waals surface area contributed by atoms with E-state index in [9.17, 15) is 8.96 Å². The maximum absolute atomic E-state index is 13.1. The normalized spacial score (nSPS) is 13.6. The van der Waals surface area contributed by atoms with Crippen LogP contribution in [0.25, 0.3) is 0 Å². The standard InChI is InChI=1S/C12H22FO3PSi2/c1-18(2,3)15-17(14,16-19(4,5)6)12-9-7-11(13)8-10-12/h7-10H,1-6H3. The van der Waals surface area contributed by atoms with Gasteiger partial charge in [-0.05, 0) is 63.5 Å². The topological polar surface area (TPSA) is 35.5 Å². The SMILES string of the molecule is C[Si](C)(C)OP(=O)(O[Si](C)(C)C)c1ccc(F)cc1. The molecule has 0 saturated carbocycles. The molecule has 1 rings (SSSR count). The van der Waals surface area contributed by atoms with Gasteiger partial charge in [0.25, 0.3) is 0 Å². The van der Waals surface area contributed by atoms with E-state index in [0.29, 0.717) is 5.30 Å². The second-order valence-electron chi connectivity index (χ2n) is 6.38. The third kappa shape index (κ3) is 5.71. The Hall–Kier alpha value is -0.266. The minimum Gasteiger partial charge on any atom is -0.348 e. The Labute approximate surface area is 116 Å². The summed E-state index contributed by atoms with van der Waals surface area (Å²) in [4.78, 5) is 0. The molecule has 1 aromatic carbocycles. The first kappa shape index (κ1) is 16.8. The second kappa shape index (κ2) is 5.62. The van der Waals surface area contributed by atoms with Crippen molar-refractivity contribution in [1.29, 1.82) is 0 Å². The van der Waals surface area contributed by atoms with Gasteiger partial charge in [-0.2, -0.15) is 0 Å². The van der Waals surface area contributed by atoms with Crippen LogP contribution in [0.5, 0.6) is 0 Å². The summed E-state index contributed by atoms with van der Waals surface area (Å²) in [5, 5.41) is 0.429. The highest BCUT2D eigenvalue weighted by atomic mass is 31.2. The van der Waals surface area contributed by atoms with E-state index in [0.717, 1.165) is 0 Å². The van der Waals surface area contributed by atoms with Crippen LogP contribution in [0, 0.1) is 5.82 Å². The van der Waals surface area contributed by atoms with Crippen LogP contribution < -0.4 is 5.30 Å². The van der Waals surface area contributed by atoms with Crippen molar-refractivity contribution in [3.8, 4) is 0 Å². The predicted molar refractivity (Wildman–Crippen MR) is 82.5 cm³/mol. The van der Waals surface area contributed by atoms with Crippen LogP contribution in [-0.4, -0.2) is 16.6 Å². The summed E-state index contributed by atoms with van der Waals surface area (Å²) in [6.07, 6.45) is 0. The second-order valence-corrected chi connectivity index (χ2v) is 17.8. The molecule has 0 aliphatic carbocycles. The van der Waals surface area contributed by atoms with Crippen LogP contribution in [0.2, 0.25) is 39.3 Å². The van der Waals surface area contributed by atoms with E-state index in [1.807, 2.05) is 39.3 Å². The van der Waals surface area contributed by atoms with E-state index in [2.05, 4.69) is 0 Å². The Balaban J connectivity index is 3.19. The fraction of sp³-hybridized carbons (Fsp3) is 0.500. The van der Waals surface area contributed by atoms with Crippen LogP contribution in [0.1, 0.15) is 0 Å².